The zero-order valence-electron chi connectivity index (χ0n) is 12.9. The molecule has 1 aromatic carbocycles. The molecule has 0 saturated heterocycles. The van der Waals surface area contributed by atoms with Crippen LogP contribution in [-0.2, 0) is 4.74 Å². The number of rotatable bonds is 6. The lowest BCUT2D eigenvalue weighted by Crippen LogP contribution is -2.39. The largest absolute Gasteiger partial charge is 0.379 e. The highest BCUT2D eigenvalue weighted by Gasteiger charge is 2.32. The molecule has 21 heavy (non-hydrogen) atoms. The van der Waals surface area contributed by atoms with Crippen LogP contribution in [0, 0.1) is 11.7 Å². The Bertz CT molecular complexity index is 448. The molecule has 1 fully saturated rings. The number of ether oxygens (including phenoxy) is 1. The van der Waals surface area contributed by atoms with Crippen molar-refractivity contribution in [3.8, 4) is 0 Å². The summed E-state index contributed by atoms with van der Waals surface area (Å²) in [6.45, 7) is 2.85. The second kappa shape index (κ2) is 8.11. The molecule has 1 saturated carbocycles. The van der Waals surface area contributed by atoms with Crippen molar-refractivity contribution >= 4 is 11.6 Å². The Morgan fingerprint density at radius 3 is 2.67 bits per heavy atom. The van der Waals surface area contributed by atoms with Crippen molar-refractivity contribution in [3.63, 3.8) is 0 Å². The monoisotopic (exact) mass is 313 g/mol. The third kappa shape index (κ3) is 4.18. The first-order valence-electron chi connectivity index (χ1n) is 7.88. The summed E-state index contributed by atoms with van der Waals surface area (Å²) >= 11 is 6.30. The number of likely N-dealkylation sites (N-methyl/N-ethyl adjacent to an activating group) is 1. The quantitative estimate of drug-likeness (QED) is 0.820. The molecule has 1 aliphatic rings. The molecule has 1 N–H and O–H groups in total. The summed E-state index contributed by atoms with van der Waals surface area (Å²) < 4.78 is 19.4. The summed E-state index contributed by atoms with van der Waals surface area (Å²) in [6.07, 6.45) is 6.19. The van der Waals surface area contributed by atoms with Crippen LogP contribution in [0.25, 0.3) is 0 Å². The first-order chi connectivity index (χ1) is 10.2. The Hall–Kier alpha value is -0.640. The van der Waals surface area contributed by atoms with Gasteiger partial charge in [-0.25, -0.2) is 4.39 Å². The van der Waals surface area contributed by atoms with E-state index >= 15 is 0 Å². The maximum atomic E-state index is 13.6. The first-order valence-corrected chi connectivity index (χ1v) is 8.26. The lowest BCUT2D eigenvalue weighted by molar-refractivity contribution is 0.00788. The number of methoxy groups -OCH3 is 1. The van der Waals surface area contributed by atoms with Gasteiger partial charge in [0.05, 0.1) is 12.1 Å². The second-order valence-corrected chi connectivity index (χ2v) is 6.21. The van der Waals surface area contributed by atoms with E-state index in [-0.39, 0.29) is 18.0 Å². The summed E-state index contributed by atoms with van der Waals surface area (Å²) in [4.78, 5) is 0. The summed E-state index contributed by atoms with van der Waals surface area (Å²) in [5, 5.41) is 4.04. The minimum atomic E-state index is -0.254. The predicted molar refractivity (Wildman–Crippen MR) is 85.2 cm³/mol. The Labute approximate surface area is 132 Å². The first kappa shape index (κ1) is 16.7. The molecule has 2 nitrogen and oxygen atoms in total. The number of hydrogen-bond donors (Lipinski definition) is 1. The fourth-order valence-electron chi connectivity index (χ4n) is 3.44. The molecular formula is C17H25ClFNO. The van der Waals surface area contributed by atoms with Crippen molar-refractivity contribution in [2.24, 2.45) is 5.92 Å². The molecule has 2 atom stereocenters. The van der Waals surface area contributed by atoms with Gasteiger partial charge in [-0.2, -0.15) is 0 Å². The van der Waals surface area contributed by atoms with Gasteiger partial charge in [-0.3, -0.25) is 0 Å². The Morgan fingerprint density at radius 1 is 1.33 bits per heavy atom. The third-order valence-electron chi connectivity index (χ3n) is 4.43. The van der Waals surface area contributed by atoms with Crippen molar-refractivity contribution in [3.05, 3.63) is 34.6 Å². The van der Waals surface area contributed by atoms with Crippen LogP contribution < -0.4 is 5.32 Å². The lowest BCUT2D eigenvalue weighted by Gasteiger charge is -2.36. The van der Waals surface area contributed by atoms with Crippen LogP contribution in [-0.4, -0.2) is 19.8 Å². The van der Waals surface area contributed by atoms with Gasteiger partial charge in [0.1, 0.15) is 5.82 Å². The van der Waals surface area contributed by atoms with Gasteiger partial charge in [0.25, 0.3) is 0 Å². The van der Waals surface area contributed by atoms with Crippen molar-refractivity contribution < 1.29 is 9.13 Å². The summed E-state index contributed by atoms with van der Waals surface area (Å²) in [6, 6.07) is 4.50. The van der Waals surface area contributed by atoms with E-state index in [2.05, 4.69) is 5.32 Å². The fourth-order valence-corrected chi connectivity index (χ4v) is 3.67. The lowest BCUT2D eigenvalue weighted by atomic mass is 9.81. The van der Waals surface area contributed by atoms with E-state index in [1.165, 1.54) is 44.2 Å². The maximum absolute atomic E-state index is 13.6. The fraction of sp³-hybridized carbons (Fsp3) is 0.647. The molecule has 2 rings (SSSR count). The Kier molecular flexibility index (Phi) is 6.46. The van der Waals surface area contributed by atoms with E-state index in [0.717, 1.165) is 12.1 Å². The van der Waals surface area contributed by atoms with Crippen LogP contribution in [0.1, 0.15) is 50.6 Å². The van der Waals surface area contributed by atoms with Crippen LogP contribution >= 0.6 is 11.6 Å². The molecular weight excluding hydrogens is 289 g/mol. The molecule has 0 spiro atoms. The van der Waals surface area contributed by atoms with E-state index in [0.29, 0.717) is 10.9 Å². The average molecular weight is 314 g/mol. The van der Waals surface area contributed by atoms with Crippen molar-refractivity contribution in [1.29, 1.82) is 0 Å². The van der Waals surface area contributed by atoms with E-state index in [9.17, 15) is 4.39 Å². The number of halogens is 2. The van der Waals surface area contributed by atoms with Crippen molar-refractivity contribution in [2.45, 2.75) is 51.2 Å². The molecule has 0 aliphatic heterocycles. The van der Waals surface area contributed by atoms with Gasteiger partial charge in [0.15, 0.2) is 0 Å². The van der Waals surface area contributed by atoms with Crippen LogP contribution in [0.15, 0.2) is 18.2 Å². The SMILES string of the molecule is CCNC(c1cc(F)ccc1Cl)C(OC)C1CCCCC1. The smallest absolute Gasteiger partial charge is 0.123 e. The van der Waals surface area contributed by atoms with Gasteiger partial charge in [0.2, 0.25) is 0 Å². The summed E-state index contributed by atoms with van der Waals surface area (Å²) in [5.74, 6) is 0.253. The molecule has 1 aliphatic carbocycles. The topological polar surface area (TPSA) is 21.3 Å². The zero-order valence-corrected chi connectivity index (χ0v) is 13.6. The molecule has 4 heteroatoms. The zero-order chi connectivity index (χ0) is 15.2. The predicted octanol–water partition coefficient (Wildman–Crippen LogP) is 4.73. The maximum Gasteiger partial charge on any atom is 0.123 e. The van der Waals surface area contributed by atoms with E-state index < -0.39 is 0 Å². The van der Waals surface area contributed by atoms with Crippen LogP contribution in [0.5, 0.6) is 0 Å². The van der Waals surface area contributed by atoms with Gasteiger partial charge in [-0.1, -0.05) is 37.8 Å². The van der Waals surface area contributed by atoms with Crippen LogP contribution in [0.4, 0.5) is 4.39 Å². The molecule has 0 bridgehead atoms. The number of hydrogen-bond acceptors (Lipinski definition) is 2. The summed E-state index contributed by atoms with van der Waals surface area (Å²) in [5.41, 5.74) is 0.802. The van der Waals surface area contributed by atoms with Gasteiger partial charge < -0.3 is 10.1 Å². The van der Waals surface area contributed by atoms with Gasteiger partial charge in [0, 0.05) is 12.1 Å². The number of benzene rings is 1. The van der Waals surface area contributed by atoms with Crippen LogP contribution in [0.3, 0.4) is 0 Å². The van der Waals surface area contributed by atoms with Gasteiger partial charge in [-0.05, 0) is 49.1 Å². The van der Waals surface area contributed by atoms with Crippen molar-refractivity contribution in [1.82, 2.24) is 5.32 Å². The third-order valence-corrected chi connectivity index (χ3v) is 4.78. The normalized spacial score (nSPS) is 19.4. The highest BCUT2D eigenvalue weighted by molar-refractivity contribution is 6.31. The average Bonchev–Trinajstić information content (AvgIpc) is 2.51. The molecule has 1 aromatic rings. The van der Waals surface area contributed by atoms with E-state index in [4.69, 9.17) is 16.3 Å². The molecule has 0 heterocycles. The molecule has 0 radical (unpaired) electrons. The second-order valence-electron chi connectivity index (χ2n) is 5.80. The van der Waals surface area contributed by atoms with Crippen LogP contribution in [0.2, 0.25) is 5.02 Å². The highest BCUT2D eigenvalue weighted by Crippen LogP contribution is 2.36. The summed E-state index contributed by atoms with van der Waals surface area (Å²) in [7, 11) is 1.75. The highest BCUT2D eigenvalue weighted by atomic mass is 35.5. The van der Waals surface area contributed by atoms with Gasteiger partial charge >= 0.3 is 0 Å². The Balaban J connectivity index is 2.28. The minimum absolute atomic E-state index is 0.0320. The standard InChI is InChI=1S/C17H25ClFNO/c1-3-20-16(14-11-13(19)9-10-15(14)18)17(21-2)12-7-5-4-6-8-12/h9-12,16-17,20H,3-8H2,1-2H3. The minimum Gasteiger partial charge on any atom is -0.379 e. The molecule has 2 unspecified atom stereocenters. The molecule has 0 amide bonds. The van der Waals surface area contributed by atoms with Crippen molar-refractivity contribution in [2.75, 3.05) is 13.7 Å². The van der Waals surface area contributed by atoms with Gasteiger partial charge in [-0.15, -0.1) is 0 Å². The Morgan fingerprint density at radius 2 is 2.05 bits per heavy atom. The number of nitrogens with one attached hydrogen (secondary N) is 1. The molecule has 0 aromatic heterocycles. The molecule has 118 valence electrons. The van der Waals surface area contributed by atoms with E-state index in [1.807, 2.05) is 6.92 Å². The van der Waals surface area contributed by atoms with E-state index in [1.54, 1.807) is 13.2 Å².